The predicted octanol–water partition coefficient (Wildman–Crippen LogP) is 6.71. The molecule has 0 spiro atoms. The standard InChI is InChI=1S/C36H58O8S2.C10H18O6S2/c1-25-11-9-13-35(5,6)33(25)29(37)21-27(3)45-23-31(39)43-19-17-41-15-16-42-18-20-44-32(40)24-46-28(4)22-30(38)34-26(2)12-10-14-36(34,7)8;11-9(7-17)15-5-3-13-1-2-14-4-6-16-10(12)8-18/h9-12,25-28,33-34H,13-24H2,1-8H3;17-18H,1-8H2. The van der Waals surface area contributed by atoms with Crippen LogP contribution in [0.1, 0.15) is 81.1 Å². The maximum absolute atomic E-state index is 13.0. The topological polar surface area (TPSA) is 176 Å². The third-order valence-electron chi connectivity index (χ3n) is 10.5. The molecule has 0 aromatic carbocycles. The van der Waals surface area contributed by atoms with Crippen molar-refractivity contribution >= 4 is 84.2 Å². The number of thiol groups is 2. The van der Waals surface area contributed by atoms with E-state index in [9.17, 15) is 28.8 Å². The molecule has 2 aliphatic carbocycles. The van der Waals surface area contributed by atoms with Crippen molar-refractivity contribution in [2.45, 2.75) is 91.6 Å². The molecule has 0 aliphatic heterocycles. The predicted molar refractivity (Wildman–Crippen MR) is 258 cm³/mol. The van der Waals surface area contributed by atoms with Gasteiger partial charge in [0, 0.05) is 35.2 Å². The quantitative estimate of drug-likeness (QED) is 0.0239. The molecule has 0 N–H and O–H groups in total. The third kappa shape index (κ3) is 26.9. The van der Waals surface area contributed by atoms with Gasteiger partial charge in [-0.25, -0.2) is 0 Å². The van der Waals surface area contributed by atoms with Crippen molar-refractivity contribution in [3.05, 3.63) is 24.3 Å². The first kappa shape index (κ1) is 60.0. The van der Waals surface area contributed by atoms with E-state index in [1.807, 2.05) is 13.8 Å². The van der Waals surface area contributed by atoms with E-state index in [1.165, 1.54) is 23.5 Å². The highest BCUT2D eigenvalue weighted by atomic mass is 32.2. The molecule has 368 valence electrons. The zero-order chi connectivity index (χ0) is 48.0. The number of rotatable bonds is 32. The highest BCUT2D eigenvalue weighted by Gasteiger charge is 2.40. The first-order chi connectivity index (χ1) is 30.3. The van der Waals surface area contributed by atoms with Gasteiger partial charge in [-0.2, -0.15) is 25.3 Å². The molecule has 18 heteroatoms. The number of hydrogen-bond donors (Lipinski definition) is 2. The van der Waals surface area contributed by atoms with Crippen LogP contribution in [0.2, 0.25) is 0 Å². The number of esters is 4. The van der Waals surface area contributed by atoms with Crippen LogP contribution in [0.15, 0.2) is 24.3 Å². The summed E-state index contributed by atoms with van der Waals surface area (Å²) in [5.74, 6) is 0.157. The Bertz CT molecular complexity index is 1350. The molecule has 2 rings (SSSR count). The van der Waals surface area contributed by atoms with Crippen molar-refractivity contribution < 1.29 is 66.7 Å². The van der Waals surface area contributed by atoms with E-state index in [4.69, 9.17) is 37.9 Å². The van der Waals surface area contributed by atoms with Crippen molar-refractivity contribution in [3.63, 3.8) is 0 Å². The normalized spacial score (nSPS) is 20.5. The van der Waals surface area contributed by atoms with Gasteiger partial charge in [0.25, 0.3) is 0 Å². The Kier molecular flexibility index (Phi) is 32.1. The summed E-state index contributed by atoms with van der Waals surface area (Å²) in [4.78, 5) is 71.5. The smallest absolute Gasteiger partial charge is 0.315 e. The van der Waals surface area contributed by atoms with E-state index in [1.54, 1.807) is 0 Å². The highest BCUT2D eigenvalue weighted by Crippen LogP contribution is 2.43. The molecular weight excluding hydrogens is 905 g/mol. The number of ether oxygens (including phenoxy) is 8. The van der Waals surface area contributed by atoms with Crippen LogP contribution in [-0.4, -0.2) is 148 Å². The van der Waals surface area contributed by atoms with Crippen molar-refractivity contribution in [2.24, 2.45) is 34.5 Å². The van der Waals surface area contributed by atoms with Crippen LogP contribution in [0.25, 0.3) is 0 Å². The zero-order valence-electron chi connectivity index (χ0n) is 39.3. The summed E-state index contributed by atoms with van der Waals surface area (Å²) in [6.45, 7) is 20.1. The second kappa shape index (κ2) is 34.3. The fourth-order valence-electron chi connectivity index (χ4n) is 7.57. The first-order valence-corrected chi connectivity index (χ1v) is 25.5. The monoisotopic (exact) mass is 980 g/mol. The van der Waals surface area contributed by atoms with E-state index in [0.717, 1.165) is 12.8 Å². The van der Waals surface area contributed by atoms with Crippen molar-refractivity contribution in [2.75, 3.05) is 102 Å². The highest BCUT2D eigenvalue weighted by molar-refractivity contribution is 8.00. The second-order valence-electron chi connectivity index (χ2n) is 17.1. The van der Waals surface area contributed by atoms with E-state index in [2.05, 4.69) is 91.1 Å². The molecule has 0 fully saturated rings. The molecular formula is C46H76O14S4. The average Bonchev–Trinajstić information content (AvgIpc) is 3.22. The molecule has 0 aromatic rings. The Morgan fingerprint density at radius 3 is 1.08 bits per heavy atom. The molecule has 0 saturated carbocycles. The molecule has 0 radical (unpaired) electrons. The Morgan fingerprint density at radius 2 is 0.797 bits per heavy atom. The van der Waals surface area contributed by atoms with Crippen LogP contribution < -0.4 is 0 Å². The lowest BCUT2D eigenvalue weighted by atomic mass is 9.65. The number of ketones is 2. The zero-order valence-corrected chi connectivity index (χ0v) is 42.8. The molecule has 0 heterocycles. The van der Waals surface area contributed by atoms with E-state index < -0.39 is 0 Å². The molecule has 6 atom stereocenters. The van der Waals surface area contributed by atoms with Gasteiger partial charge in [0.1, 0.15) is 38.0 Å². The Labute approximate surface area is 401 Å². The molecule has 6 unspecified atom stereocenters. The summed E-state index contributed by atoms with van der Waals surface area (Å²) in [7, 11) is 0. The van der Waals surface area contributed by atoms with E-state index >= 15 is 0 Å². The number of carbonyl (C=O) groups is 6. The fraction of sp³-hybridized carbons (Fsp3) is 0.783. The second-order valence-corrected chi connectivity index (χ2v) is 20.6. The number of hydrogen-bond acceptors (Lipinski definition) is 18. The lowest BCUT2D eigenvalue weighted by Gasteiger charge is -2.39. The van der Waals surface area contributed by atoms with Crippen molar-refractivity contribution in [1.82, 2.24) is 0 Å². The van der Waals surface area contributed by atoms with Crippen LogP contribution in [0.4, 0.5) is 0 Å². The fourth-order valence-corrected chi connectivity index (χ4v) is 9.32. The third-order valence-corrected chi connectivity index (χ3v) is 13.3. The molecule has 0 bridgehead atoms. The van der Waals surface area contributed by atoms with Gasteiger partial charge in [-0.1, -0.05) is 79.7 Å². The summed E-state index contributed by atoms with van der Waals surface area (Å²) in [6, 6.07) is 0. The number of thioether (sulfide) groups is 2. The minimum atomic E-state index is -0.371. The van der Waals surface area contributed by atoms with Crippen LogP contribution in [0.3, 0.4) is 0 Å². The first-order valence-electron chi connectivity index (χ1n) is 22.1. The summed E-state index contributed by atoms with van der Waals surface area (Å²) < 4.78 is 41.1. The maximum Gasteiger partial charge on any atom is 0.315 e. The number of Topliss-reactive ketones (excluding diaryl/α,β-unsaturated/α-hetero) is 2. The van der Waals surface area contributed by atoms with E-state index in [-0.39, 0.29) is 143 Å². The summed E-state index contributed by atoms with van der Waals surface area (Å²) >= 11 is 10.4. The van der Waals surface area contributed by atoms with Gasteiger partial charge < -0.3 is 37.9 Å². The number of carbonyl (C=O) groups excluding carboxylic acids is 6. The molecule has 2 aliphatic rings. The SMILES string of the molecule is CC(CC(=O)C1C(C)C=CCC1(C)C)SCC(=O)OCCOCCOCCOC(=O)CSC(C)CC(=O)C1C(C)C=CCC1(C)C.O=C(CS)OCCOCCOCCOC(=O)CS. The maximum atomic E-state index is 13.0. The van der Waals surface area contributed by atoms with Gasteiger partial charge in [0.05, 0.1) is 75.9 Å². The van der Waals surface area contributed by atoms with Gasteiger partial charge in [-0.15, -0.1) is 23.5 Å². The van der Waals surface area contributed by atoms with Crippen LogP contribution in [-0.2, 0) is 66.7 Å². The Morgan fingerprint density at radius 1 is 0.516 bits per heavy atom. The Balaban J connectivity index is 0.000000954. The van der Waals surface area contributed by atoms with Gasteiger partial charge in [-0.3, -0.25) is 28.8 Å². The minimum Gasteiger partial charge on any atom is -0.463 e. The molecule has 0 amide bonds. The summed E-state index contributed by atoms with van der Waals surface area (Å²) in [5.41, 5.74) is -0.0872. The minimum absolute atomic E-state index is 0.00639. The largest absolute Gasteiger partial charge is 0.463 e. The van der Waals surface area contributed by atoms with Gasteiger partial charge in [0.2, 0.25) is 0 Å². The molecule has 64 heavy (non-hydrogen) atoms. The van der Waals surface area contributed by atoms with Gasteiger partial charge >= 0.3 is 23.9 Å². The molecule has 0 saturated heterocycles. The molecule has 14 nitrogen and oxygen atoms in total. The number of allylic oxidation sites excluding steroid dienone is 4. The average molecular weight is 981 g/mol. The van der Waals surface area contributed by atoms with Crippen LogP contribution >= 0.6 is 48.8 Å². The van der Waals surface area contributed by atoms with E-state index in [0.29, 0.717) is 52.5 Å². The van der Waals surface area contributed by atoms with Crippen LogP contribution in [0.5, 0.6) is 0 Å². The van der Waals surface area contributed by atoms with Crippen LogP contribution in [0, 0.1) is 34.5 Å². The summed E-state index contributed by atoms with van der Waals surface area (Å²) in [6.07, 6.45) is 11.3. The summed E-state index contributed by atoms with van der Waals surface area (Å²) in [5, 5.41) is 0.0842. The lowest BCUT2D eigenvalue weighted by Crippen LogP contribution is -2.38. The van der Waals surface area contributed by atoms with Crippen molar-refractivity contribution in [1.29, 1.82) is 0 Å². The van der Waals surface area contributed by atoms with Crippen molar-refractivity contribution in [3.8, 4) is 0 Å². The lowest BCUT2D eigenvalue weighted by molar-refractivity contribution is -0.143. The van der Waals surface area contributed by atoms with Gasteiger partial charge in [0.15, 0.2) is 0 Å². The Hall–Kier alpha value is -2.06. The molecule has 0 aromatic heterocycles. The van der Waals surface area contributed by atoms with Gasteiger partial charge in [-0.05, 0) is 35.5 Å².